The van der Waals surface area contributed by atoms with Crippen LogP contribution >= 0.6 is 15.9 Å². The van der Waals surface area contributed by atoms with Gasteiger partial charge in [-0.15, -0.1) is 0 Å². The summed E-state index contributed by atoms with van der Waals surface area (Å²) in [7, 11) is 0. The molecule has 1 aromatic carbocycles. The number of Topliss-reactive ketones (excluding diaryl/α,β-unsaturated/α-hetero) is 1. The van der Waals surface area contributed by atoms with Gasteiger partial charge in [0, 0.05) is 22.6 Å². The van der Waals surface area contributed by atoms with E-state index in [1.54, 1.807) is 0 Å². The SMILES string of the molecule is O=C(c1ccc(Br)cc1)C1CCOC2(CCC2)C1. The molecule has 0 N–H and O–H groups in total. The lowest BCUT2D eigenvalue weighted by atomic mass is 9.70. The van der Waals surface area contributed by atoms with Gasteiger partial charge in [0.25, 0.3) is 0 Å². The molecular formula is C15H17BrO2. The maximum Gasteiger partial charge on any atom is 0.166 e. The van der Waals surface area contributed by atoms with Crippen LogP contribution in [-0.4, -0.2) is 18.0 Å². The molecule has 1 heterocycles. The third kappa shape index (κ3) is 2.26. The van der Waals surface area contributed by atoms with E-state index in [0.29, 0.717) is 0 Å². The van der Waals surface area contributed by atoms with Gasteiger partial charge in [-0.3, -0.25) is 4.79 Å². The lowest BCUT2D eigenvalue weighted by molar-refractivity contribution is -0.137. The van der Waals surface area contributed by atoms with Crippen molar-refractivity contribution >= 4 is 21.7 Å². The molecule has 2 fully saturated rings. The summed E-state index contributed by atoms with van der Waals surface area (Å²) in [4.78, 5) is 12.5. The second kappa shape index (κ2) is 4.78. The van der Waals surface area contributed by atoms with Gasteiger partial charge in [0.1, 0.15) is 0 Å². The molecular weight excluding hydrogens is 292 g/mol. The zero-order valence-corrected chi connectivity index (χ0v) is 11.9. The predicted octanol–water partition coefficient (Wildman–Crippen LogP) is 3.98. The Morgan fingerprint density at radius 3 is 2.61 bits per heavy atom. The maximum absolute atomic E-state index is 12.5. The van der Waals surface area contributed by atoms with E-state index in [0.717, 1.165) is 42.3 Å². The van der Waals surface area contributed by atoms with Crippen molar-refractivity contribution in [2.75, 3.05) is 6.61 Å². The summed E-state index contributed by atoms with van der Waals surface area (Å²) >= 11 is 3.40. The van der Waals surface area contributed by atoms with Crippen molar-refractivity contribution in [2.45, 2.75) is 37.7 Å². The highest BCUT2D eigenvalue weighted by molar-refractivity contribution is 9.10. The fourth-order valence-electron chi connectivity index (χ4n) is 3.02. The Balaban J connectivity index is 1.74. The normalized spacial score (nSPS) is 25.7. The summed E-state index contributed by atoms with van der Waals surface area (Å²) in [6.45, 7) is 0.743. The first-order valence-electron chi connectivity index (χ1n) is 6.62. The van der Waals surface area contributed by atoms with Crippen LogP contribution in [-0.2, 0) is 4.74 Å². The van der Waals surface area contributed by atoms with E-state index in [1.165, 1.54) is 6.42 Å². The average Bonchev–Trinajstić information content (AvgIpc) is 2.37. The summed E-state index contributed by atoms with van der Waals surface area (Å²) in [5, 5.41) is 0. The van der Waals surface area contributed by atoms with Crippen LogP contribution in [0.15, 0.2) is 28.7 Å². The zero-order valence-electron chi connectivity index (χ0n) is 10.3. The molecule has 0 amide bonds. The maximum atomic E-state index is 12.5. The van der Waals surface area contributed by atoms with Gasteiger partial charge in [-0.1, -0.05) is 28.1 Å². The van der Waals surface area contributed by atoms with E-state index in [9.17, 15) is 4.79 Å². The van der Waals surface area contributed by atoms with Crippen molar-refractivity contribution in [1.82, 2.24) is 0 Å². The standard InChI is InChI=1S/C15H17BrO2/c16-13-4-2-11(3-5-13)14(17)12-6-9-18-15(10-12)7-1-8-15/h2-5,12H,1,6-10H2. The van der Waals surface area contributed by atoms with Crippen molar-refractivity contribution in [3.63, 3.8) is 0 Å². The predicted molar refractivity (Wildman–Crippen MR) is 73.7 cm³/mol. The number of carbonyl (C=O) groups excluding carboxylic acids is 1. The Morgan fingerprint density at radius 2 is 2.00 bits per heavy atom. The Labute approximate surface area is 116 Å². The lowest BCUT2D eigenvalue weighted by Gasteiger charge is -2.46. The molecule has 1 saturated heterocycles. The third-order valence-electron chi connectivity index (χ3n) is 4.26. The monoisotopic (exact) mass is 308 g/mol. The molecule has 1 saturated carbocycles. The molecule has 1 atom stereocenters. The van der Waals surface area contributed by atoms with Gasteiger partial charge in [0.15, 0.2) is 5.78 Å². The first kappa shape index (κ1) is 12.4. The largest absolute Gasteiger partial charge is 0.375 e. The number of carbonyl (C=O) groups is 1. The highest BCUT2D eigenvalue weighted by Gasteiger charge is 2.44. The van der Waals surface area contributed by atoms with Gasteiger partial charge in [-0.25, -0.2) is 0 Å². The molecule has 3 heteroatoms. The van der Waals surface area contributed by atoms with Gasteiger partial charge in [-0.2, -0.15) is 0 Å². The number of ketones is 1. The first-order chi connectivity index (χ1) is 8.69. The minimum absolute atomic E-state index is 0.0495. The van der Waals surface area contributed by atoms with Gasteiger partial charge >= 0.3 is 0 Å². The van der Waals surface area contributed by atoms with Gasteiger partial charge in [-0.05, 0) is 44.2 Å². The Morgan fingerprint density at radius 1 is 1.28 bits per heavy atom. The van der Waals surface area contributed by atoms with E-state index in [4.69, 9.17) is 4.74 Å². The van der Waals surface area contributed by atoms with Crippen LogP contribution in [0.1, 0.15) is 42.5 Å². The van der Waals surface area contributed by atoms with E-state index in [2.05, 4.69) is 15.9 Å². The summed E-state index contributed by atoms with van der Waals surface area (Å²) < 4.78 is 6.89. The van der Waals surface area contributed by atoms with Crippen molar-refractivity contribution in [1.29, 1.82) is 0 Å². The molecule has 0 radical (unpaired) electrons. The fraction of sp³-hybridized carbons (Fsp3) is 0.533. The number of hydrogen-bond donors (Lipinski definition) is 0. The number of ether oxygens (including phenoxy) is 1. The Kier molecular flexibility index (Phi) is 3.29. The molecule has 0 bridgehead atoms. The second-order valence-electron chi connectivity index (χ2n) is 5.45. The number of halogens is 1. The highest BCUT2D eigenvalue weighted by Crippen LogP contribution is 2.44. The van der Waals surface area contributed by atoms with Crippen LogP contribution < -0.4 is 0 Å². The van der Waals surface area contributed by atoms with E-state index in [-0.39, 0.29) is 17.3 Å². The van der Waals surface area contributed by atoms with Crippen LogP contribution in [0.3, 0.4) is 0 Å². The molecule has 3 rings (SSSR count). The Bertz CT molecular complexity index is 448. The van der Waals surface area contributed by atoms with Gasteiger partial charge in [0.05, 0.1) is 5.60 Å². The lowest BCUT2D eigenvalue weighted by Crippen LogP contribution is -2.47. The van der Waals surface area contributed by atoms with Crippen LogP contribution in [0.25, 0.3) is 0 Å². The quantitative estimate of drug-likeness (QED) is 0.772. The van der Waals surface area contributed by atoms with Crippen molar-refractivity contribution in [3.05, 3.63) is 34.3 Å². The third-order valence-corrected chi connectivity index (χ3v) is 4.79. The minimum Gasteiger partial charge on any atom is -0.375 e. The number of rotatable bonds is 2. The topological polar surface area (TPSA) is 26.3 Å². The average molecular weight is 309 g/mol. The smallest absolute Gasteiger partial charge is 0.166 e. The molecule has 2 nitrogen and oxygen atoms in total. The van der Waals surface area contributed by atoms with E-state index in [1.807, 2.05) is 24.3 Å². The Hall–Kier alpha value is -0.670. The number of benzene rings is 1. The minimum atomic E-state index is 0.0495. The molecule has 1 aromatic rings. The fourth-order valence-corrected chi connectivity index (χ4v) is 3.29. The van der Waals surface area contributed by atoms with Crippen LogP contribution in [0.4, 0.5) is 0 Å². The summed E-state index contributed by atoms with van der Waals surface area (Å²) in [6.07, 6.45) is 5.31. The van der Waals surface area contributed by atoms with Crippen molar-refractivity contribution in [3.8, 4) is 0 Å². The summed E-state index contributed by atoms with van der Waals surface area (Å²) in [6, 6.07) is 7.70. The van der Waals surface area contributed by atoms with Gasteiger partial charge in [0.2, 0.25) is 0 Å². The summed E-state index contributed by atoms with van der Waals surface area (Å²) in [5.74, 6) is 0.442. The van der Waals surface area contributed by atoms with Gasteiger partial charge < -0.3 is 4.74 Å². The molecule has 1 unspecified atom stereocenters. The van der Waals surface area contributed by atoms with E-state index >= 15 is 0 Å². The molecule has 2 aliphatic rings. The molecule has 18 heavy (non-hydrogen) atoms. The summed E-state index contributed by atoms with van der Waals surface area (Å²) in [5.41, 5.74) is 0.882. The molecule has 0 aromatic heterocycles. The van der Waals surface area contributed by atoms with E-state index < -0.39 is 0 Å². The second-order valence-corrected chi connectivity index (χ2v) is 6.36. The molecule has 1 aliphatic carbocycles. The van der Waals surface area contributed by atoms with Crippen molar-refractivity contribution in [2.24, 2.45) is 5.92 Å². The van der Waals surface area contributed by atoms with Crippen molar-refractivity contribution < 1.29 is 9.53 Å². The zero-order chi connectivity index (χ0) is 12.6. The molecule has 96 valence electrons. The van der Waals surface area contributed by atoms with Crippen LogP contribution in [0, 0.1) is 5.92 Å². The van der Waals surface area contributed by atoms with Crippen LogP contribution in [0.2, 0.25) is 0 Å². The number of hydrogen-bond acceptors (Lipinski definition) is 2. The van der Waals surface area contributed by atoms with Crippen LogP contribution in [0.5, 0.6) is 0 Å². The first-order valence-corrected chi connectivity index (χ1v) is 7.42. The molecule has 1 aliphatic heterocycles. The molecule has 1 spiro atoms. The highest BCUT2D eigenvalue weighted by atomic mass is 79.9.